The molecule has 1 aromatic heterocycles. The van der Waals surface area contributed by atoms with Crippen LogP contribution < -0.4 is 10.1 Å². The second-order valence-electron chi connectivity index (χ2n) is 4.11. The number of hydrogen-bond donors (Lipinski definition) is 2. The van der Waals surface area contributed by atoms with Crippen molar-refractivity contribution in [3.05, 3.63) is 24.0 Å². The third-order valence-corrected chi connectivity index (χ3v) is 2.59. The number of methoxy groups -OCH3 is 1. The van der Waals surface area contributed by atoms with Crippen LogP contribution in [0.2, 0.25) is 0 Å². The van der Waals surface area contributed by atoms with Crippen LogP contribution in [0, 0.1) is 0 Å². The molecule has 2 N–H and O–H groups in total. The van der Waals surface area contributed by atoms with E-state index in [0.29, 0.717) is 24.3 Å². The summed E-state index contributed by atoms with van der Waals surface area (Å²) in [6, 6.07) is 2.54. The Morgan fingerprint density at radius 3 is 2.68 bits per heavy atom. The van der Waals surface area contributed by atoms with Gasteiger partial charge in [0.1, 0.15) is 11.8 Å². The van der Waals surface area contributed by atoms with Gasteiger partial charge in [0.25, 0.3) is 0 Å². The highest BCUT2D eigenvalue weighted by molar-refractivity contribution is 5.84. The van der Waals surface area contributed by atoms with Gasteiger partial charge in [-0.2, -0.15) is 0 Å². The van der Waals surface area contributed by atoms with Gasteiger partial charge in [-0.05, 0) is 18.6 Å². The Kier molecular flexibility index (Phi) is 5.78. The molecule has 0 saturated carbocycles. The van der Waals surface area contributed by atoms with Crippen LogP contribution in [-0.4, -0.2) is 35.1 Å². The van der Waals surface area contributed by atoms with Crippen LogP contribution in [0.25, 0.3) is 0 Å². The molecule has 6 nitrogen and oxygen atoms in total. The van der Waals surface area contributed by atoms with Gasteiger partial charge in [-0.25, -0.2) is 4.79 Å². The third kappa shape index (κ3) is 4.95. The number of rotatable bonds is 7. The molecule has 0 spiro atoms. The van der Waals surface area contributed by atoms with Crippen LogP contribution in [0.15, 0.2) is 18.3 Å². The van der Waals surface area contributed by atoms with Crippen molar-refractivity contribution in [2.75, 3.05) is 7.11 Å². The Hall–Kier alpha value is -2.11. The van der Waals surface area contributed by atoms with E-state index in [-0.39, 0.29) is 12.3 Å². The number of ether oxygens (including phenoxy) is 1. The minimum absolute atomic E-state index is 0.0531. The molecule has 0 fully saturated rings. The Labute approximate surface area is 111 Å². The summed E-state index contributed by atoms with van der Waals surface area (Å²) in [4.78, 5) is 26.7. The Balaban J connectivity index is 2.55. The second-order valence-corrected chi connectivity index (χ2v) is 4.11. The summed E-state index contributed by atoms with van der Waals surface area (Å²) in [6.45, 7) is 1.87. The molecule has 0 aliphatic heterocycles. The predicted octanol–water partition coefficient (Wildman–Crippen LogP) is 1.00. The quantitative estimate of drug-likeness (QED) is 0.768. The Morgan fingerprint density at radius 2 is 2.21 bits per heavy atom. The highest BCUT2D eigenvalue weighted by Crippen LogP contribution is 2.08. The number of carboxylic acids is 1. The van der Waals surface area contributed by atoms with Crippen molar-refractivity contribution >= 4 is 11.9 Å². The van der Waals surface area contributed by atoms with E-state index < -0.39 is 12.0 Å². The van der Waals surface area contributed by atoms with Crippen LogP contribution in [-0.2, 0) is 16.0 Å². The first-order valence-electron chi connectivity index (χ1n) is 6.08. The zero-order valence-electron chi connectivity index (χ0n) is 11.0. The molecule has 0 aromatic carbocycles. The Bertz CT molecular complexity index is 431. The maximum Gasteiger partial charge on any atom is 0.326 e. The van der Waals surface area contributed by atoms with E-state index in [0.717, 1.165) is 0 Å². The van der Waals surface area contributed by atoms with Crippen LogP contribution in [0.5, 0.6) is 5.75 Å². The maximum atomic E-state index is 11.7. The molecule has 1 heterocycles. The smallest absolute Gasteiger partial charge is 0.326 e. The van der Waals surface area contributed by atoms with Gasteiger partial charge in [-0.15, -0.1) is 0 Å². The first-order chi connectivity index (χ1) is 9.06. The summed E-state index contributed by atoms with van der Waals surface area (Å²) in [6.07, 6.45) is 2.68. The summed E-state index contributed by atoms with van der Waals surface area (Å²) in [5.41, 5.74) is 0.568. The maximum absolute atomic E-state index is 11.7. The summed E-state index contributed by atoms with van der Waals surface area (Å²) in [5, 5.41) is 11.4. The van der Waals surface area contributed by atoms with E-state index in [2.05, 4.69) is 10.3 Å². The number of aliphatic carboxylic acids is 1. The third-order valence-electron chi connectivity index (χ3n) is 2.59. The SMILES string of the molecule is CCCC(NC(=O)Cc1ccc(OC)cn1)C(=O)O. The van der Waals surface area contributed by atoms with Crippen LogP contribution in [0.3, 0.4) is 0 Å². The summed E-state index contributed by atoms with van der Waals surface area (Å²) >= 11 is 0. The number of pyridine rings is 1. The summed E-state index contributed by atoms with van der Waals surface area (Å²) < 4.78 is 4.96. The molecule has 1 atom stereocenters. The van der Waals surface area contributed by atoms with Crippen LogP contribution in [0.1, 0.15) is 25.5 Å². The minimum atomic E-state index is -1.02. The molecule has 1 amide bonds. The lowest BCUT2D eigenvalue weighted by molar-refractivity contribution is -0.141. The molecule has 1 unspecified atom stereocenters. The lowest BCUT2D eigenvalue weighted by atomic mass is 10.1. The number of amides is 1. The van der Waals surface area contributed by atoms with E-state index in [1.807, 2.05) is 6.92 Å². The van der Waals surface area contributed by atoms with Crippen molar-refractivity contribution < 1.29 is 19.4 Å². The predicted molar refractivity (Wildman–Crippen MR) is 69.0 cm³/mol. The fraction of sp³-hybridized carbons (Fsp3) is 0.462. The standard InChI is InChI=1S/C13H18N2O4/c1-3-4-11(13(17)18)15-12(16)7-9-5-6-10(19-2)8-14-9/h5-6,8,11H,3-4,7H2,1-2H3,(H,15,16)(H,17,18). The topological polar surface area (TPSA) is 88.5 Å². The molecule has 0 aliphatic carbocycles. The van der Waals surface area contributed by atoms with Crippen molar-refractivity contribution in [3.63, 3.8) is 0 Å². The van der Waals surface area contributed by atoms with Crippen molar-refractivity contribution in [1.29, 1.82) is 0 Å². The van der Waals surface area contributed by atoms with E-state index in [1.54, 1.807) is 12.1 Å². The van der Waals surface area contributed by atoms with Gasteiger partial charge in [0, 0.05) is 5.69 Å². The molecule has 0 radical (unpaired) electrons. The molecule has 0 aliphatic rings. The first kappa shape index (κ1) is 14.9. The number of aromatic nitrogens is 1. The van der Waals surface area contributed by atoms with Gasteiger partial charge in [0.2, 0.25) is 5.91 Å². The van der Waals surface area contributed by atoms with Gasteiger partial charge in [0.05, 0.1) is 19.7 Å². The lowest BCUT2D eigenvalue weighted by Crippen LogP contribution is -2.41. The van der Waals surface area contributed by atoms with E-state index in [1.165, 1.54) is 13.3 Å². The van der Waals surface area contributed by atoms with E-state index in [9.17, 15) is 9.59 Å². The average Bonchev–Trinajstić information content (AvgIpc) is 2.39. The number of nitrogens with zero attached hydrogens (tertiary/aromatic N) is 1. The highest BCUT2D eigenvalue weighted by atomic mass is 16.5. The molecule has 6 heteroatoms. The van der Waals surface area contributed by atoms with Gasteiger partial charge in [-0.1, -0.05) is 13.3 Å². The number of hydrogen-bond acceptors (Lipinski definition) is 4. The fourth-order valence-electron chi connectivity index (χ4n) is 1.59. The van der Waals surface area contributed by atoms with Crippen LogP contribution in [0.4, 0.5) is 0 Å². The van der Waals surface area contributed by atoms with Crippen molar-refractivity contribution in [2.45, 2.75) is 32.2 Å². The Morgan fingerprint density at radius 1 is 1.47 bits per heavy atom. The van der Waals surface area contributed by atoms with Gasteiger partial charge >= 0.3 is 5.97 Å². The van der Waals surface area contributed by atoms with E-state index in [4.69, 9.17) is 9.84 Å². The molecular weight excluding hydrogens is 248 g/mol. The average molecular weight is 266 g/mol. The fourth-order valence-corrected chi connectivity index (χ4v) is 1.59. The zero-order chi connectivity index (χ0) is 14.3. The molecule has 1 rings (SSSR count). The first-order valence-corrected chi connectivity index (χ1v) is 6.08. The van der Waals surface area contributed by atoms with Crippen molar-refractivity contribution in [3.8, 4) is 5.75 Å². The highest BCUT2D eigenvalue weighted by Gasteiger charge is 2.18. The minimum Gasteiger partial charge on any atom is -0.495 e. The van der Waals surface area contributed by atoms with Crippen molar-refractivity contribution in [2.24, 2.45) is 0 Å². The molecule has 104 valence electrons. The van der Waals surface area contributed by atoms with E-state index >= 15 is 0 Å². The van der Waals surface area contributed by atoms with Gasteiger partial charge < -0.3 is 15.2 Å². The second kappa shape index (κ2) is 7.35. The molecule has 19 heavy (non-hydrogen) atoms. The van der Waals surface area contributed by atoms with Gasteiger partial charge in [-0.3, -0.25) is 9.78 Å². The number of nitrogens with one attached hydrogen (secondary N) is 1. The number of carbonyl (C=O) groups is 2. The molecule has 0 bridgehead atoms. The normalized spacial score (nSPS) is 11.7. The molecule has 0 saturated heterocycles. The lowest BCUT2D eigenvalue weighted by Gasteiger charge is -2.13. The summed E-state index contributed by atoms with van der Waals surface area (Å²) in [5.74, 6) is -0.755. The van der Waals surface area contributed by atoms with Crippen molar-refractivity contribution in [1.82, 2.24) is 10.3 Å². The molecule has 1 aromatic rings. The van der Waals surface area contributed by atoms with Gasteiger partial charge in [0.15, 0.2) is 0 Å². The van der Waals surface area contributed by atoms with Crippen LogP contribution >= 0.6 is 0 Å². The zero-order valence-corrected chi connectivity index (χ0v) is 11.0. The summed E-state index contributed by atoms with van der Waals surface area (Å²) in [7, 11) is 1.53. The number of carboxylic acid groups (broad SMARTS) is 1. The molecular formula is C13H18N2O4. The largest absolute Gasteiger partial charge is 0.495 e. The monoisotopic (exact) mass is 266 g/mol. The number of carbonyl (C=O) groups excluding carboxylic acids is 1.